The summed E-state index contributed by atoms with van der Waals surface area (Å²) in [7, 11) is 3.74. The van der Waals surface area contributed by atoms with E-state index in [2.05, 4.69) is 0 Å². The quantitative estimate of drug-likeness (QED) is 0.417. The number of likely N-dealkylation sites (N-methyl/N-ethyl adjacent to an activating group) is 1. The van der Waals surface area contributed by atoms with Crippen LogP contribution in [0.3, 0.4) is 0 Å². The van der Waals surface area contributed by atoms with Crippen LogP contribution in [-0.4, -0.2) is 76.1 Å². The number of quaternary nitrogens is 1. The van der Waals surface area contributed by atoms with Gasteiger partial charge in [-0.1, -0.05) is 6.08 Å². The largest absolute Gasteiger partial charge is 0.477 e. The maximum absolute atomic E-state index is 11.9. The van der Waals surface area contributed by atoms with E-state index in [4.69, 9.17) is 11.5 Å². The highest BCUT2D eigenvalue weighted by Crippen LogP contribution is 2.39. The molecule has 1 fully saturated rings. The number of hydrogen-bond acceptors (Lipinski definition) is 5. The summed E-state index contributed by atoms with van der Waals surface area (Å²) >= 11 is 1.45. The SMILES string of the molecule is C[C@H](C(N)=O)[N+](C)(C)C/C=C/C1=C(C(=O)O)N2C(=O)[C@@H](N)[C@@H]2SC1. The number of amides is 2. The maximum atomic E-state index is 11.9. The highest BCUT2D eigenvalue weighted by Gasteiger charge is 2.51. The Labute approximate surface area is 144 Å². The normalized spacial score (nSPS) is 25.5. The van der Waals surface area contributed by atoms with E-state index in [1.165, 1.54) is 16.7 Å². The number of nitrogens with two attached hydrogens (primary N) is 2. The lowest BCUT2D eigenvalue weighted by atomic mass is 10.0. The Kier molecular flexibility index (Phi) is 5.07. The zero-order chi connectivity index (χ0) is 18.2. The summed E-state index contributed by atoms with van der Waals surface area (Å²) in [5.74, 6) is -1.43. The number of aliphatic carboxylic acids is 1. The minimum atomic E-state index is -1.14. The topological polar surface area (TPSA) is 127 Å². The van der Waals surface area contributed by atoms with Gasteiger partial charge in [-0.3, -0.25) is 14.5 Å². The molecule has 2 aliphatic heterocycles. The van der Waals surface area contributed by atoms with Gasteiger partial charge in [0.2, 0.25) is 5.91 Å². The predicted octanol–water partition coefficient (Wildman–Crippen LogP) is -0.926. The monoisotopic (exact) mass is 355 g/mol. The first kappa shape index (κ1) is 18.5. The molecular formula is C15H23N4O4S+. The molecule has 0 radical (unpaired) electrons. The standard InChI is InChI=1S/C15H22N4O4S/c1-8(12(17)20)19(2,3)6-4-5-9-7-24-14-10(16)13(21)18(14)11(9)15(22)23/h4-5,8,10,14H,6-7,16H2,1-3H3,(H2-,17,20,22,23)/p+1/b5-4+/t8-,10-,14+/m1/s1. The molecule has 0 aliphatic carbocycles. The Morgan fingerprint density at radius 3 is 2.67 bits per heavy atom. The van der Waals surface area contributed by atoms with E-state index < -0.39 is 17.9 Å². The van der Waals surface area contributed by atoms with Gasteiger partial charge in [0.25, 0.3) is 5.91 Å². The minimum Gasteiger partial charge on any atom is -0.477 e. The average molecular weight is 355 g/mol. The molecule has 5 N–H and O–H groups in total. The van der Waals surface area contributed by atoms with E-state index in [-0.39, 0.29) is 23.0 Å². The molecule has 0 aromatic rings. The number of thioether (sulfide) groups is 1. The minimum absolute atomic E-state index is 0.00467. The van der Waals surface area contributed by atoms with Gasteiger partial charge in [-0.05, 0) is 18.6 Å². The van der Waals surface area contributed by atoms with Crippen molar-refractivity contribution >= 4 is 29.5 Å². The zero-order valence-corrected chi connectivity index (χ0v) is 14.7. The van der Waals surface area contributed by atoms with Crippen molar-refractivity contribution in [1.29, 1.82) is 0 Å². The lowest BCUT2D eigenvalue weighted by Gasteiger charge is -2.47. The molecule has 8 nitrogen and oxygen atoms in total. The second-order valence-electron chi connectivity index (χ2n) is 6.56. The number of carbonyl (C=O) groups excluding carboxylic acids is 2. The number of nitrogens with zero attached hydrogens (tertiary/aromatic N) is 2. The molecular weight excluding hydrogens is 332 g/mol. The van der Waals surface area contributed by atoms with Crippen molar-refractivity contribution in [2.75, 3.05) is 26.4 Å². The number of carboxylic acids is 1. The second kappa shape index (κ2) is 6.58. The lowest BCUT2D eigenvalue weighted by molar-refractivity contribution is -0.898. The first-order chi connectivity index (χ1) is 11.1. The Bertz CT molecular complexity index is 643. The number of fused-ring (bicyclic) bond motifs is 1. The van der Waals surface area contributed by atoms with Crippen molar-refractivity contribution in [3.8, 4) is 0 Å². The number of allylic oxidation sites excluding steroid dienone is 1. The van der Waals surface area contributed by atoms with Crippen LogP contribution in [0.2, 0.25) is 0 Å². The number of β-lactam (4-membered cyclic amide) rings is 1. The number of carboxylic acid groups (broad SMARTS) is 1. The Hall–Kier alpha value is -1.84. The number of carbonyl (C=O) groups is 3. The fraction of sp³-hybridized carbons (Fsp3) is 0.533. The Morgan fingerprint density at radius 2 is 2.12 bits per heavy atom. The van der Waals surface area contributed by atoms with Crippen LogP contribution in [0.15, 0.2) is 23.4 Å². The Morgan fingerprint density at radius 1 is 1.50 bits per heavy atom. The van der Waals surface area contributed by atoms with Gasteiger partial charge in [-0.2, -0.15) is 0 Å². The average Bonchev–Trinajstić information content (AvgIpc) is 2.52. The van der Waals surface area contributed by atoms with Gasteiger partial charge in [0, 0.05) is 5.75 Å². The summed E-state index contributed by atoms with van der Waals surface area (Å²) in [4.78, 5) is 36.0. The summed E-state index contributed by atoms with van der Waals surface area (Å²) in [5, 5.41) is 9.15. The smallest absolute Gasteiger partial charge is 0.352 e. The summed E-state index contributed by atoms with van der Waals surface area (Å²) in [6.45, 7) is 2.25. The molecule has 2 heterocycles. The molecule has 3 atom stereocenters. The van der Waals surface area contributed by atoms with Crippen LogP contribution in [0, 0.1) is 0 Å². The van der Waals surface area contributed by atoms with Gasteiger partial charge in [-0.15, -0.1) is 11.8 Å². The predicted molar refractivity (Wildman–Crippen MR) is 90.5 cm³/mol. The van der Waals surface area contributed by atoms with Crippen molar-refractivity contribution in [3.63, 3.8) is 0 Å². The molecule has 132 valence electrons. The summed E-state index contributed by atoms with van der Waals surface area (Å²) in [6.07, 6.45) is 3.51. The van der Waals surface area contributed by atoms with Crippen molar-refractivity contribution < 1.29 is 24.0 Å². The molecule has 0 aromatic heterocycles. The van der Waals surface area contributed by atoms with Crippen LogP contribution in [0.1, 0.15) is 6.92 Å². The second-order valence-corrected chi connectivity index (χ2v) is 7.66. The molecule has 2 aliphatic rings. The van der Waals surface area contributed by atoms with Crippen molar-refractivity contribution in [2.45, 2.75) is 24.4 Å². The van der Waals surface area contributed by atoms with E-state index >= 15 is 0 Å². The zero-order valence-electron chi connectivity index (χ0n) is 13.9. The number of hydrogen-bond donors (Lipinski definition) is 3. The van der Waals surface area contributed by atoms with Crippen LogP contribution in [0.25, 0.3) is 0 Å². The molecule has 0 bridgehead atoms. The van der Waals surface area contributed by atoms with E-state index in [0.717, 1.165) is 0 Å². The maximum Gasteiger partial charge on any atom is 0.352 e. The van der Waals surface area contributed by atoms with Crippen LogP contribution < -0.4 is 11.5 Å². The molecule has 2 rings (SSSR count). The summed E-state index contributed by atoms with van der Waals surface area (Å²) in [5.41, 5.74) is 11.6. The molecule has 0 unspecified atom stereocenters. The van der Waals surface area contributed by atoms with Crippen LogP contribution in [0.4, 0.5) is 0 Å². The van der Waals surface area contributed by atoms with Crippen molar-refractivity contribution in [1.82, 2.24) is 4.90 Å². The summed E-state index contributed by atoms with van der Waals surface area (Å²) < 4.78 is 0.352. The number of rotatable bonds is 6. The molecule has 24 heavy (non-hydrogen) atoms. The molecule has 0 aromatic carbocycles. The third-order valence-electron chi connectivity index (χ3n) is 4.60. The molecule has 2 amide bonds. The van der Waals surface area contributed by atoms with E-state index in [0.29, 0.717) is 22.4 Å². The molecule has 0 saturated carbocycles. The fourth-order valence-corrected chi connectivity index (χ4v) is 3.90. The molecule has 9 heteroatoms. The summed E-state index contributed by atoms with van der Waals surface area (Å²) in [6, 6.07) is -1.01. The van der Waals surface area contributed by atoms with E-state index in [9.17, 15) is 19.5 Å². The van der Waals surface area contributed by atoms with Crippen LogP contribution in [0.5, 0.6) is 0 Å². The Balaban J connectivity index is 2.19. The fourth-order valence-electron chi connectivity index (χ4n) is 2.64. The first-order valence-corrected chi connectivity index (χ1v) is 8.58. The molecule has 0 spiro atoms. The highest BCUT2D eigenvalue weighted by atomic mass is 32.2. The highest BCUT2D eigenvalue weighted by molar-refractivity contribution is 8.00. The number of primary amides is 1. The van der Waals surface area contributed by atoms with Crippen LogP contribution in [-0.2, 0) is 14.4 Å². The first-order valence-electron chi connectivity index (χ1n) is 7.53. The molecule has 1 saturated heterocycles. The van der Waals surface area contributed by atoms with E-state index in [1.54, 1.807) is 13.0 Å². The van der Waals surface area contributed by atoms with Gasteiger partial charge < -0.3 is 21.1 Å². The third-order valence-corrected chi connectivity index (χ3v) is 5.92. The van der Waals surface area contributed by atoms with Crippen LogP contribution >= 0.6 is 11.8 Å². The van der Waals surface area contributed by atoms with Gasteiger partial charge in [-0.25, -0.2) is 4.79 Å². The van der Waals surface area contributed by atoms with Gasteiger partial charge in [0.1, 0.15) is 17.1 Å². The van der Waals surface area contributed by atoms with Gasteiger partial charge >= 0.3 is 5.97 Å². The van der Waals surface area contributed by atoms with E-state index in [1.807, 2.05) is 20.2 Å². The third kappa shape index (κ3) is 3.19. The van der Waals surface area contributed by atoms with Crippen molar-refractivity contribution in [3.05, 3.63) is 23.4 Å². The van der Waals surface area contributed by atoms with Gasteiger partial charge in [0.15, 0.2) is 6.04 Å². The van der Waals surface area contributed by atoms with Crippen molar-refractivity contribution in [2.24, 2.45) is 11.5 Å². The lowest BCUT2D eigenvalue weighted by Crippen LogP contribution is -2.68. The van der Waals surface area contributed by atoms with Gasteiger partial charge in [0.05, 0.1) is 20.6 Å².